The lowest BCUT2D eigenvalue weighted by atomic mass is 10.0. The summed E-state index contributed by atoms with van der Waals surface area (Å²) in [6.07, 6.45) is 0.335. The first-order chi connectivity index (χ1) is 47.7. The quantitative estimate of drug-likeness (QED) is 0.0232. The smallest absolute Gasteiger partial charge is 0.416 e. The van der Waals surface area contributed by atoms with E-state index < -0.39 is 90.3 Å². The lowest BCUT2D eigenvalue weighted by Crippen LogP contribution is -2.53. The summed E-state index contributed by atoms with van der Waals surface area (Å²) < 4.78 is 45.8. The molecule has 0 fully saturated rings. The van der Waals surface area contributed by atoms with E-state index in [0.717, 1.165) is 20.9 Å². The van der Waals surface area contributed by atoms with Gasteiger partial charge >= 0.3 is 12.2 Å². The van der Waals surface area contributed by atoms with Crippen molar-refractivity contribution in [2.75, 3.05) is 74.8 Å². The summed E-state index contributed by atoms with van der Waals surface area (Å²) in [5, 5.41) is 39.9. The summed E-state index contributed by atoms with van der Waals surface area (Å²) in [6.45, 7) is 14.3. The van der Waals surface area contributed by atoms with E-state index >= 15 is 0 Å². The number of carbonyl (C=O) groups is 9. The lowest BCUT2D eigenvalue weighted by Gasteiger charge is -2.31. The highest BCUT2D eigenvalue weighted by atomic mass is 16.6. The van der Waals surface area contributed by atoms with Gasteiger partial charge in [0.2, 0.25) is 29.5 Å². The first-order valence-corrected chi connectivity index (χ1v) is 33.2. The average molecular weight is 1390 g/mol. The predicted molar refractivity (Wildman–Crippen MR) is 369 cm³/mol. The zero-order valence-electron chi connectivity index (χ0n) is 58.4. The Hall–Kier alpha value is -9.81. The number of rotatable bonds is 31. The van der Waals surface area contributed by atoms with Gasteiger partial charge in [0, 0.05) is 49.4 Å². The number of fused-ring (bicyclic) bond motifs is 3. The molecule has 9 amide bonds. The van der Waals surface area contributed by atoms with E-state index in [9.17, 15) is 53.4 Å². The number of aliphatic hydroxyl groups excluding tert-OH is 2. The third kappa shape index (κ3) is 20.9. The van der Waals surface area contributed by atoms with E-state index in [0.29, 0.717) is 61.4 Å². The number of hydrogen-bond acceptors (Lipinski definition) is 20. The fraction of sp³-hybridized carbons (Fsp3) is 0.479. The third-order valence-corrected chi connectivity index (χ3v) is 16.8. The molecule has 29 nitrogen and oxygen atoms in total. The van der Waals surface area contributed by atoms with Crippen LogP contribution in [-0.4, -0.2) is 166 Å². The number of aliphatic hydroxyl groups is 2. The highest BCUT2D eigenvalue weighted by molar-refractivity contribution is 6.07. The second-order valence-electron chi connectivity index (χ2n) is 25.3. The molecule has 10 N–H and O–H groups in total. The number of hydrogen-bond donors (Lipinski definition) is 9. The number of nitrogens with one attached hydrogen (secondary N) is 6. The largest absolute Gasteiger partial charge is 0.493 e. The molecule has 0 aromatic heterocycles. The summed E-state index contributed by atoms with van der Waals surface area (Å²) in [5.41, 5.74) is 9.28. The summed E-state index contributed by atoms with van der Waals surface area (Å²) in [7, 11) is 4.34. The summed E-state index contributed by atoms with van der Waals surface area (Å²) in [6, 6.07) is 14.2. The molecule has 542 valence electrons. The molecule has 3 aliphatic heterocycles. The van der Waals surface area contributed by atoms with Crippen molar-refractivity contribution in [3.8, 4) is 23.0 Å². The number of carbonyl (C=O) groups excluding carboxylic acids is 9. The summed E-state index contributed by atoms with van der Waals surface area (Å²) in [4.78, 5) is 124. The van der Waals surface area contributed by atoms with Crippen LogP contribution in [0.15, 0.2) is 96.3 Å². The zero-order chi connectivity index (χ0) is 72.9. The highest BCUT2D eigenvalue weighted by Crippen LogP contribution is 2.43. The molecule has 3 aliphatic rings. The Bertz CT molecular complexity index is 3620. The second-order valence-corrected chi connectivity index (χ2v) is 25.3. The standard InChI is InChI=1S/C71H94N10O19/c1-40(2)61(72)66(87)74-44(7)63(84)76-48-20-16-46(17-21-48)38-99-70(91)80-52-34-57(55(94-10)32-50(52)65(86)73-36-42(5)15-24-60(80)83)97-26-13-12-14-27-98-58-35-53-51(33-56(58)95-11)68(89)79-37-43(6)31-54(79)69(90)81(53)71(92)100-39-47-18-22-49(23-19-47)77-64(85)45(8)75-67(88)62(41(3)4)78-59(82)25-28-96-30-29-93-9/h16-23,32-37,40-41,44-45,54,60-62,69,83,90H,12-15,24-31,38-39,72H2,1-11H3,(H,73,86)(H,74,87)(H,75,88)(H,76,84)(H,77,85)(H,78,82)/b42-36-/t44-,45-,54+,60+,61-,62-,69+/m1/s1. The first kappa shape index (κ1) is 77.5. The number of unbranched alkanes of at least 4 members (excludes halogenated alkanes) is 2. The van der Waals surface area contributed by atoms with Crippen LogP contribution in [0.2, 0.25) is 0 Å². The average Bonchev–Trinajstić information content (AvgIpc) is 1.55. The number of nitrogens with two attached hydrogens (primary N) is 1. The van der Waals surface area contributed by atoms with Crippen LogP contribution in [-0.2, 0) is 56.1 Å². The Labute approximate surface area is 581 Å². The van der Waals surface area contributed by atoms with Crippen molar-refractivity contribution in [1.29, 1.82) is 0 Å². The number of allylic oxidation sites excluding steroid dienone is 1. The van der Waals surface area contributed by atoms with Crippen LogP contribution < -0.4 is 66.4 Å². The molecule has 0 radical (unpaired) electrons. The minimum absolute atomic E-state index is 0.00879. The van der Waals surface area contributed by atoms with E-state index in [1.807, 2.05) is 6.92 Å². The van der Waals surface area contributed by atoms with Crippen molar-refractivity contribution in [3.63, 3.8) is 0 Å². The maximum atomic E-state index is 14.3. The number of methoxy groups -OCH3 is 3. The van der Waals surface area contributed by atoms with Crippen molar-refractivity contribution >= 4 is 76.3 Å². The van der Waals surface area contributed by atoms with Crippen LogP contribution in [0.4, 0.5) is 32.3 Å². The Morgan fingerprint density at radius 1 is 0.610 bits per heavy atom. The van der Waals surface area contributed by atoms with Gasteiger partial charge in [-0.15, -0.1) is 0 Å². The Kier molecular flexibility index (Phi) is 28.6. The van der Waals surface area contributed by atoms with Gasteiger partial charge in [-0.25, -0.2) is 14.5 Å². The van der Waals surface area contributed by atoms with Crippen molar-refractivity contribution in [3.05, 3.63) is 119 Å². The van der Waals surface area contributed by atoms with E-state index in [-0.39, 0.29) is 116 Å². The number of anilines is 4. The van der Waals surface area contributed by atoms with E-state index in [1.165, 1.54) is 63.4 Å². The van der Waals surface area contributed by atoms with E-state index in [2.05, 4.69) is 31.9 Å². The monoisotopic (exact) mass is 1390 g/mol. The van der Waals surface area contributed by atoms with Gasteiger partial charge in [0.05, 0.1) is 81.8 Å². The predicted octanol–water partition coefficient (Wildman–Crippen LogP) is 6.88. The Morgan fingerprint density at radius 2 is 1.14 bits per heavy atom. The molecule has 100 heavy (non-hydrogen) atoms. The van der Waals surface area contributed by atoms with E-state index in [1.54, 1.807) is 96.5 Å². The molecular formula is C71H94N10O19. The van der Waals surface area contributed by atoms with Crippen molar-refractivity contribution < 1.29 is 91.3 Å². The number of ether oxygens (including phenoxy) is 8. The topological polar surface area (TPSA) is 376 Å². The first-order valence-electron chi connectivity index (χ1n) is 33.2. The maximum Gasteiger partial charge on any atom is 0.416 e. The molecule has 4 aromatic carbocycles. The van der Waals surface area contributed by atoms with Crippen LogP contribution in [0.3, 0.4) is 0 Å². The number of nitrogens with zero attached hydrogens (tertiary/aromatic N) is 3. The minimum Gasteiger partial charge on any atom is -0.493 e. The molecule has 0 bridgehead atoms. The molecular weight excluding hydrogens is 1300 g/mol. The van der Waals surface area contributed by atoms with Crippen LogP contribution in [0.1, 0.15) is 132 Å². The molecule has 0 saturated carbocycles. The normalized spacial score (nSPS) is 17.6. The van der Waals surface area contributed by atoms with Gasteiger partial charge in [0.15, 0.2) is 29.2 Å². The molecule has 0 aliphatic carbocycles. The number of amides is 9. The highest BCUT2D eigenvalue weighted by Gasteiger charge is 2.45. The lowest BCUT2D eigenvalue weighted by molar-refractivity contribution is -0.132. The Morgan fingerprint density at radius 3 is 1.67 bits per heavy atom. The molecule has 7 atom stereocenters. The van der Waals surface area contributed by atoms with E-state index in [4.69, 9.17) is 43.6 Å². The van der Waals surface area contributed by atoms with Gasteiger partial charge in [-0.1, -0.05) is 63.1 Å². The van der Waals surface area contributed by atoms with Crippen LogP contribution >= 0.6 is 0 Å². The van der Waals surface area contributed by atoms with Crippen LogP contribution in [0.5, 0.6) is 23.0 Å². The maximum absolute atomic E-state index is 14.3. The van der Waals surface area contributed by atoms with Gasteiger partial charge in [0.1, 0.15) is 37.6 Å². The van der Waals surface area contributed by atoms with Gasteiger partial charge in [-0.05, 0) is 126 Å². The van der Waals surface area contributed by atoms with Crippen molar-refractivity contribution in [1.82, 2.24) is 26.2 Å². The van der Waals surface area contributed by atoms with Crippen molar-refractivity contribution in [2.45, 2.75) is 156 Å². The molecule has 0 unspecified atom stereocenters. The van der Waals surface area contributed by atoms with Crippen LogP contribution in [0, 0.1) is 11.8 Å². The van der Waals surface area contributed by atoms with Gasteiger partial charge in [-0.2, -0.15) is 0 Å². The van der Waals surface area contributed by atoms with Crippen molar-refractivity contribution in [2.24, 2.45) is 17.6 Å². The molecule has 3 heterocycles. The SMILES string of the molecule is COCCOCCC(=O)N[C@@H](C(=O)N[C@H](C)C(=O)Nc1ccc(COC(=O)N2c3cc(OCCCCCOc4cc5c(cc4OC)C(=O)N/C=C(/C)CC[C@H](O)N5C(=O)OCc4ccc(NC(=O)[C@@H](C)NC(=O)[C@H](N)C(C)C)cc4)c(OC)cc3C(=O)N3C=C(C)C[C@H]3[C@@H]2O)cc1)C(C)C. The molecule has 0 spiro atoms. The van der Waals surface area contributed by atoms with Gasteiger partial charge in [0.25, 0.3) is 11.8 Å². The Balaban J connectivity index is 0.967. The van der Waals surface area contributed by atoms with Gasteiger partial charge < -0.3 is 90.6 Å². The van der Waals surface area contributed by atoms with Gasteiger partial charge in [-0.3, -0.25) is 38.5 Å². The molecule has 7 rings (SSSR count). The summed E-state index contributed by atoms with van der Waals surface area (Å²) in [5.74, 6) is -3.23. The fourth-order valence-corrected chi connectivity index (χ4v) is 10.8. The molecule has 29 heteroatoms. The zero-order valence-corrected chi connectivity index (χ0v) is 58.4. The summed E-state index contributed by atoms with van der Waals surface area (Å²) >= 11 is 0. The third-order valence-electron chi connectivity index (χ3n) is 16.8. The second kappa shape index (κ2) is 36.9. The minimum atomic E-state index is -1.57. The number of benzene rings is 4. The fourth-order valence-electron chi connectivity index (χ4n) is 10.8. The van der Waals surface area contributed by atoms with Crippen LogP contribution in [0.25, 0.3) is 0 Å². The molecule has 0 saturated heterocycles. The molecule has 4 aromatic rings.